The summed E-state index contributed by atoms with van der Waals surface area (Å²) in [6, 6.07) is 8.35. The van der Waals surface area contributed by atoms with Gasteiger partial charge >= 0.3 is 13.3 Å². The van der Waals surface area contributed by atoms with E-state index >= 15 is 0 Å². The summed E-state index contributed by atoms with van der Waals surface area (Å²) in [5.74, 6) is 6.14. The number of hydrogen-bond acceptors (Lipinski definition) is 6. The van der Waals surface area contributed by atoms with Crippen LogP contribution in [0.3, 0.4) is 0 Å². The molecular formula is C29H27N2O7P. The molecule has 9 nitrogen and oxygen atoms in total. The third-order valence-corrected chi connectivity index (χ3v) is 8.03. The number of nitrogens with one attached hydrogen (secondary N) is 1. The van der Waals surface area contributed by atoms with Crippen molar-refractivity contribution in [3.8, 4) is 11.8 Å². The van der Waals surface area contributed by atoms with Crippen LogP contribution in [0.2, 0.25) is 0 Å². The maximum atomic E-state index is 12.7. The van der Waals surface area contributed by atoms with Gasteiger partial charge in [-0.1, -0.05) is 48.3 Å². The number of aromatic nitrogens is 2. The van der Waals surface area contributed by atoms with E-state index in [1.54, 1.807) is 0 Å². The molecule has 3 aromatic rings. The average molecular weight is 547 g/mol. The number of allylic oxidation sites excluding steroid dienone is 4. The largest absolute Gasteiger partial charge is 0.378 e. The van der Waals surface area contributed by atoms with Crippen LogP contribution in [0, 0.1) is 11.8 Å². The molecule has 6 rings (SSSR count). The van der Waals surface area contributed by atoms with Crippen molar-refractivity contribution < 1.29 is 23.5 Å². The van der Waals surface area contributed by atoms with Crippen molar-refractivity contribution in [2.75, 3.05) is 20.4 Å². The van der Waals surface area contributed by atoms with Gasteiger partial charge in [0.1, 0.15) is 17.9 Å². The van der Waals surface area contributed by atoms with Gasteiger partial charge in [-0.2, -0.15) is 0 Å². The second-order valence-electron chi connectivity index (χ2n) is 9.96. The summed E-state index contributed by atoms with van der Waals surface area (Å²) in [4.78, 5) is 37.1. The minimum absolute atomic E-state index is 0.123. The highest BCUT2D eigenvalue weighted by Gasteiger charge is 2.38. The smallest absolute Gasteiger partial charge is 0.330 e. The maximum Gasteiger partial charge on any atom is 0.330 e. The van der Waals surface area contributed by atoms with Crippen molar-refractivity contribution in [2.24, 2.45) is 0 Å². The highest BCUT2D eigenvalue weighted by molar-refractivity contribution is 7.51. The molecule has 1 aliphatic heterocycles. The number of H-pyrrole nitrogens is 1. The highest BCUT2D eigenvalue weighted by Crippen LogP contribution is 2.40. The summed E-state index contributed by atoms with van der Waals surface area (Å²) >= 11 is 0. The van der Waals surface area contributed by atoms with E-state index in [4.69, 9.17) is 14.0 Å². The van der Waals surface area contributed by atoms with Crippen molar-refractivity contribution in [1.29, 1.82) is 0 Å². The number of nitrogens with zero attached hydrogens (tertiary/aromatic N) is 1. The van der Waals surface area contributed by atoms with Crippen LogP contribution in [-0.2, 0) is 31.4 Å². The minimum atomic E-state index is -3.71. The summed E-state index contributed by atoms with van der Waals surface area (Å²) in [7, 11) is -2.22. The van der Waals surface area contributed by atoms with E-state index in [2.05, 4.69) is 53.3 Å². The molecule has 1 unspecified atom stereocenters. The first-order chi connectivity index (χ1) is 18.7. The monoisotopic (exact) mass is 546 g/mol. The quantitative estimate of drug-likeness (QED) is 0.372. The van der Waals surface area contributed by atoms with Gasteiger partial charge in [-0.3, -0.25) is 18.9 Å². The van der Waals surface area contributed by atoms with Gasteiger partial charge in [0.25, 0.3) is 5.56 Å². The normalized spacial score (nSPS) is 22.7. The summed E-state index contributed by atoms with van der Waals surface area (Å²) in [6.45, 7) is 0.910. The van der Waals surface area contributed by atoms with E-state index in [1.807, 2.05) is 6.07 Å². The van der Waals surface area contributed by atoms with E-state index in [1.165, 1.54) is 40.0 Å². The molecule has 2 aliphatic carbocycles. The molecule has 1 aromatic heterocycles. The number of ether oxygens (including phenoxy) is 2. The minimum Gasteiger partial charge on any atom is -0.378 e. The van der Waals surface area contributed by atoms with E-state index in [0.29, 0.717) is 0 Å². The Kier molecular flexibility index (Phi) is 6.54. The van der Waals surface area contributed by atoms with Crippen molar-refractivity contribution in [2.45, 2.75) is 37.7 Å². The summed E-state index contributed by atoms with van der Waals surface area (Å²) in [5.41, 5.74) is 4.64. The fourth-order valence-corrected chi connectivity index (χ4v) is 5.97. The van der Waals surface area contributed by atoms with Crippen molar-refractivity contribution in [1.82, 2.24) is 9.55 Å². The molecule has 4 atom stereocenters. The molecule has 2 heterocycles. The number of hydrogen-bond donors (Lipinski definition) is 2. The Morgan fingerprint density at radius 1 is 1.18 bits per heavy atom. The SMILES string of the molecule is CO[C@@H]1C[C@H](n2cc(C#Cc3ccc4ccc5c6c4c3CC=C6C=CC5)c(=O)[nH]c2=O)O[C@@H]1COP(C)(=O)O. The topological polar surface area (TPSA) is 120 Å². The molecule has 0 saturated carbocycles. The van der Waals surface area contributed by atoms with Crippen LogP contribution < -0.4 is 11.2 Å². The van der Waals surface area contributed by atoms with E-state index in [-0.39, 0.29) is 18.6 Å². The van der Waals surface area contributed by atoms with E-state index < -0.39 is 37.3 Å². The number of benzene rings is 2. The number of aromatic amines is 1. The van der Waals surface area contributed by atoms with Crippen LogP contribution >= 0.6 is 7.60 Å². The molecule has 2 N–H and O–H groups in total. The van der Waals surface area contributed by atoms with Crippen molar-refractivity contribution in [3.63, 3.8) is 0 Å². The van der Waals surface area contributed by atoms with Crippen LogP contribution in [0.5, 0.6) is 0 Å². The van der Waals surface area contributed by atoms with Gasteiger partial charge in [0.05, 0.1) is 12.7 Å². The Balaban J connectivity index is 1.34. The molecule has 0 amide bonds. The molecular weight excluding hydrogens is 519 g/mol. The van der Waals surface area contributed by atoms with Crippen LogP contribution in [0.15, 0.2) is 58.3 Å². The fourth-order valence-electron chi connectivity index (χ4n) is 5.55. The number of rotatable bonds is 5. The lowest BCUT2D eigenvalue weighted by atomic mass is 9.80. The zero-order chi connectivity index (χ0) is 27.3. The van der Waals surface area contributed by atoms with Crippen LogP contribution in [0.25, 0.3) is 16.3 Å². The lowest BCUT2D eigenvalue weighted by Crippen LogP contribution is -2.33. The first kappa shape index (κ1) is 25.8. The molecule has 200 valence electrons. The van der Waals surface area contributed by atoms with Gasteiger partial charge in [-0.05, 0) is 51.9 Å². The maximum absolute atomic E-state index is 12.7. The lowest BCUT2D eigenvalue weighted by molar-refractivity contribution is -0.0498. The Morgan fingerprint density at radius 2 is 1.97 bits per heavy atom. The fraction of sp³-hybridized carbons (Fsp3) is 0.310. The molecule has 1 saturated heterocycles. The molecule has 0 radical (unpaired) electrons. The predicted octanol–water partition coefficient (Wildman–Crippen LogP) is 3.28. The van der Waals surface area contributed by atoms with E-state index in [9.17, 15) is 19.0 Å². The standard InChI is InChI=1S/C29H27N2O7P/c1-36-23-14-25(38-24(23)16-37-39(2,34)35)31-15-21(28(32)30-29(31)33)11-7-17-6-8-20-10-9-18-4-3-5-19-12-13-22(17)27(20)26(18)19/h3,5-6,8-10,12,15,23-25H,4,13-14,16H2,1-2H3,(H,34,35)(H,30,32,33)/t23-,24-,25-/m1/s1. The van der Waals surface area contributed by atoms with Crippen LogP contribution in [-0.4, -0.2) is 47.0 Å². The van der Waals surface area contributed by atoms with Gasteiger partial charge in [-0.15, -0.1) is 0 Å². The first-order valence-corrected chi connectivity index (χ1v) is 14.7. The summed E-state index contributed by atoms with van der Waals surface area (Å²) in [6.07, 6.45) is 7.97. The second-order valence-corrected chi connectivity index (χ2v) is 11.8. The van der Waals surface area contributed by atoms with Crippen molar-refractivity contribution >= 4 is 23.9 Å². The molecule has 3 aliphatic rings. The lowest BCUT2D eigenvalue weighted by Gasteiger charge is -2.23. The Morgan fingerprint density at radius 3 is 2.77 bits per heavy atom. The third kappa shape index (κ3) is 4.87. The first-order valence-electron chi connectivity index (χ1n) is 12.7. The molecule has 2 aromatic carbocycles. The van der Waals surface area contributed by atoms with Gasteiger partial charge in [0, 0.05) is 32.0 Å². The molecule has 1 fully saturated rings. The van der Waals surface area contributed by atoms with Gasteiger partial charge in [0.2, 0.25) is 0 Å². The summed E-state index contributed by atoms with van der Waals surface area (Å²) < 4.78 is 29.2. The Labute approximate surface area is 224 Å². The van der Waals surface area contributed by atoms with Crippen LogP contribution in [0.4, 0.5) is 0 Å². The summed E-state index contributed by atoms with van der Waals surface area (Å²) in [5, 5.41) is 2.37. The van der Waals surface area contributed by atoms with Gasteiger partial charge < -0.3 is 18.9 Å². The third-order valence-electron chi connectivity index (χ3n) is 7.40. The van der Waals surface area contributed by atoms with Gasteiger partial charge in [0.15, 0.2) is 0 Å². The molecule has 0 bridgehead atoms. The number of methoxy groups -OCH3 is 1. The van der Waals surface area contributed by atoms with Gasteiger partial charge in [-0.25, -0.2) is 4.79 Å². The second kappa shape index (κ2) is 9.91. The van der Waals surface area contributed by atoms with Crippen molar-refractivity contribution in [3.05, 3.63) is 97.3 Å². The Hall–Kier alpha value is -3.51. The molecule has 0 spiro atoms. The highest BCUT2D eigenvalue weighted by atomic mass is 31.2. The average Bonchev–Trinajstić information content (AvgIpc) is 3.33. The Bertz CT molecular complexity index is 1780. The van der Waals surface area contributed by atoms with E-state index in [0.717, 1.165) is 36.0 Å². The predicted molar refractivity (Wildman–Crippen MR) is 147 cm³/mol. The zero-order valence-corrected chi connectivity index (χ0v) is 22.4. The zero-order valence-electron chi connectivity index (χ0n) is 21.5. The molecule has 39 heavy (non-hydrogen) atoms. The molecule has 10 heteroatoms. The van der Waals surface area contributed by atoms with Crippen LogP contribution in [0.1, 0.15) is 40.5 Å².